The first kappa shape index (κ1) is 14.6. The molecule has 86 valence electrons. The molecule has 0 aliphatic rings. The maximum Gasteiger partial charge on any atom is 0.137 e. The fourth-order valence-electron chi connectivity index (χ4n) is 1.30. The van der Waals surface area contributed by atoms with Gasteiger partial charge in [-0.2, -0.15) is 10.4 Å². The van der Waals surface area contributed by atoms with Gasteiger partial charge in [-0.15, -0.1) is 24.8 Å². The molecule has 0 bridgehead atoms. The monoisotopic (exact) mass is 259 g/mol. The van der Waals surface area contributed by atoms with Gasteiger partial charge < -0.3 is 4.74 Å². The molecule has 2 aromatic heterocycles. The normalized spacial score (nSPS) is 8.75. The maximum absolute atomic E-state index is 8.76. The zero-order valence-electron chi connectivity index (χ0n) is 8.58. The van der Waals surface area contributed by atoms with E-state index < -0.39 is 0 Å². The Morgan fingerprint density at radius 1 is 1.44 bits per heavy atom. The molecule has 0 saturated heterocycles. The van der Waals surface area contributed by atoms with Crippen molar-refractivity contribution in [3.8, 4) is 11.8 Å². The molecule has 0 aliphatic carbocycles. The van der Waals surface area contributed by atoms with Crippen molar-refractivity contribution in [3.63, 3.8) is 0 Å². The van der Waals surface area contributed by atoms with Crippen molar-refractivity contribution in [1.29, 1.82) is 5.26 Å². The third kappa shape index (κ3) is 2.57. The molecule has 0 spiro atoms. The summed E-state index contributed by atoms with van der Waals surface area (Å²) in [4.78, 5) is 0. The van der Waals surface area contributed by atoms with Crippen LogP contribution in [-0.2, 0) is 0 Å². The van der Waals surface area contributed by atoms with Gasteiger partial charge in [0, 0.05) is 0 Å². The molecule has 0 saturated carbocycles. The Morgan fingerprint density at radius 2 is 2.19 bits per heavy atom. The Labute approximate surface area is 106 Å². The van der Waals surface area contributed by atoms with Crippen LogP contribution in [0.1, 0.15) is 12.5 Å². The lowest BCUT2D eigenvalue weighted by atomic mass is 10.3. The van der Waals surface area contributed by atoms with Crippen molar-refractivity contribution in [2.24, 2.45) is 0 Å². The molecule has 0 radical (unpaired) electrons. The Balaban J connectivity index is 0.00000112. The molecule has 0 unspecified atom stereocenters. The molecule has 6 heteroatoms. The number of rotatable bonds is 2. The third-order valence-electron chi connectivity index (χ3n) is 1.92. The lowest BCUT2D eigenvalue weighted by Crippen LogP contribution is -1.94. The van der Waals surface area contributed by atoms with E-state index in [-0.39, 0.29) is 24.8 Å². The van der Waals surface area contributed by atoms with Crippen molar-refractivity contribution in [3.05, 3.63) is 30.1 Å². The van der Waals surface area contributed by atoms with Gasteiger partial charge in [0.2, 0.25) is 0 Å². The summed E-state index contributed by atoms with van der Waals surface area (Å²) in [5.41, 5.74) is 1.38. The zero-order chi connectivity index (χ0) is 9.97. The second-order valence-electron chi connectivity index (χ2n) is 2.80. The van der Waals surface area contributed by atoms with Gasteiger partial charge in [-0.25, -0.2) is 4.52 Å². The molecule has 0 fully saturated rings. The fraction of sp³-hybridized carbons (Fsp3) is 0.200. The van der Waals surface area contributed by atoms with E-state index in [1.807, 2.05) is 19.1 Å². The Bertz CT molecular complexity index is 504. The summed E-state index contributed by atoms with van der Waals surface area (Å²) in [6.45, 7) is 2.55. The topological polar surface area (TPSA) is 50.3 Å². The second-order valence-corrected chi connectivity index (χ2v) is 2.80. The van der Waals surface area contributed by atoms with Crippen LogP contribution in [0, 0.1) is 11.3 Å². The van der Waals surface area contributed by atoms with Crippen molar-refractivity contribution < 1.29 is 4.74 Å². The molecule has 0 aromatic carbocycles. The predicted octanol–water partition coefficient (Wildman–Crippen LogP) is 2.45. The van der Waals surface area contributed by atoms with E-state index in [1.54, 1.807) is 16.9 Å². The summed E-state index contributed by atoms with van der Waals surface area (Å²) in [7, 11) is 0. The standard InChI is InChI=1S/C10H9N3O.2ClH/c1-2-14-9-3-4-10-8(5-11)6-12-13(10)7-9;;/h3-4,6-7H,2H2,1H3;2*1H. The van der Waals surface area contributed by atoms with E-state index in [9.17, 15) is 0 Å². The van der Waals surface area contributed by atoms with Gasteiger partial charge in [0.15, 0.2) is 0 Å². The lowest BCUT2D eigenvalue weighted by Gasteiger charge is -2.02. The number of nitriles is 1. The van der Waals surface area contributed by atoms with E-state index in [2.05, 4.69) is 11.2 Å². The van der Waals surface area contributed by atoms with Crippen LogP contribution in [0.2, 0.25) is 0 Å². The molecule has 0 amide bonds. The molecule has 0 atom stereocenters. The lowest BCUT2D eigenvalue weighted by molar-refractivity contribution is 0.338. The fourth-order valence-corrected chi connectivity index (χ4v) is 1.30. The van der Waals surface area contributed by atoms with Crippen LogP contribution in [0.15, 0.2) is 24.5 Å². The van der Waals surface area contributed by atoms with Crippen LogP contribution in [0.25, 0.3) is 5.52 Å². The van der Waals surface area contributed by atoms with Crippen LogP contribution in [0.5, 0.6) is 5.75 Å². The molecule has 0 N–H and O–H groups in total. The summed E-state index contributed by atoms with van der Waals surface area (Å²) in [5.74, 6) is 0.757. The van der Waals surface area contributed by atoms with Gasteiger partial charge in [0.25, 0.3) is 0 Å². The molecule has 2 rings (SSSR count). The molecule has 2 heterocycles. The molecule has 16 heavy (non-hydrogen) atoms. The maximum atomic E-state index is 8.76. The Morgan fingerprint density at radius 3 is 2.81 bits per heavy atom. The number of ether oxygens (including phenoxy) is 1. The van der Waals surface area contributed by atoms with Gasteiger partial charge in [-0.3, -0.25) is 0 Å². The highest BCUT2D eigenvalue weighted by Gasteiger charge is 2.03. The first-order chi connectivity index (χ1) is 6.85. The van der Waals surface area contributed by atoms with Gasteiger partial charge in [-0.1, -0.05) is 0 Å². The summed E-state index contributed by atoms with van der Waals surface area (Å²) >= 11 is 0. The quantitative estimate of drug-likeness (QED) is 0.833. The summed E-state index contributed by atoms with van der Waals surface area (Å²) < 4.78 is 6.96. The number of hydrogen-bond acceptors (Lipinski definition) is 3. The largest absolute Gasteiger partial charge is 0.492 e. The van der Waals surface area contributed by atoms with E-state index in [1.165, 1.54) is 0 Å². The minimum absolute atomic E-state index is 0. The van der Waals surface area contributed by atoms with Gasteiger partial charge in [-0.05, 0) is 19.1 Å². The highest BCUT2D eigenvalue weighted by molar-refractivity contribution is 5.85. The number of halogens is 2. The third-order valence-corrected chi connectivity index (χ3v) is 1.92. The van der Waals surface area contributed by atoms with Crippen LogP contribution in [0.3, 0.4) is 0 Å². The van der Waals surface area contributed by atoms with Gasteiger partial charge >= 0.3 is 0 Å². The van der Waals surface area contributed by atoms with Gasteiger partial charge in [0.1, 0.15) is 11.8 Å². The zero-order valence-corrected chi connectivity index (χ0v) is 10.2. The minimum Gasteiger partial charge on any atom is -0.492 e. The second kappa shape index (κ2) is 6.21. The number of nitrogens with zero attached hydrogens (tertiary/aromatic N) is 3. The van der Waals surface area contributed by atoms with Crippen molar-refractivity contribution in [2.45, 2.75) is 6.92 Å². The number of hydrogen-bond donors (Lipinski definition) is 0. The van der Waals surface area contributed by atoms with E-state index >= 15 is 0 Å². The number of aromatic nitrogens is 2. The average molecular weight is 260 g/mol. The predicted molar refractivity (Wildman–Crippen MR) is 65.6 cm³/mol. The Kier molecular flexibility index (Phi) is 5.65. The van der Waals surface area contributed by atoms with E-state index in [4.69, 9.17) is 10.00 Å². The molecular formula is C10H11Cl2N3O. The van der Waals surface area contributed by atoms with Crippen molar-refractivity contribution in [1.82, 2.24) is 9.61 Å². The van der Waals surface area contributed by atoms with E-state index in [0.717, 1.165) is 11.3 Å². The van der Waals surface area contributed by atoms with E-state index in [0.29, 0.717) is 12.2 Å². The van der Waals surface area contributed by atoms with Crippen LogP contribution < -0.4 is 4.74 Å². The molecular weight excluding hydrogens is 249 g/mol. The summed E-state index contributed by atoms with van der Waals surface area (Å²) in [6.07, 6.45) is 3.31. The average Bonchev–Trinajstić information content (AvgIpc) is 2.60. The van der Waals surface area contributed by atoms with Crippen molar-refractivity contribution in [2.75, 3.05) is 6.61 Å². The smallest absolute Gasteiger partial charge is 0.137 e. The number of pyridine rings is 1. The first-order valence-electron chi connectivity index (χ1n) is 4.35. The summed E-state index contributed by atoms with van der Waals surface area (Å²) in [5, 5.41) is 12.8. The molecule has 2 aromatic rings. The van der Waals surface area contributed by atoms with Crippen LogP contribution in [0.4, 0.5) is 0 Å². The highest BCUT2D eigenvalue weighted by Crippen LogP contribution is 2.15. The minimum atomic E-state index is 0. The number of fused-ring (bicyclic) bond motifs is 1. The SMILES string of the molecule is CCOc1ccc2c(C#N)cnn2c1.Cl.Cl. The first-order valence-corrected chi connectivity index (χ1v) is 4.35. The van der Waals surface area contributed by atoms with Gasteiger partial charge in [0.05, 0.1) is 30.1 Å². The highest BCUT2D eigenvalue weighted by atomic mass is 35.5. The van der Waals surface area contributed by atoms with Crippen molar-refractivity contribution >= 4 is 30.3 Å². The van der Waals surface area contributed by atoms with Crippen LogP contribution in [-0.4, -0.2) is 16.2 Å². The molecule has 0 aliphatic heterocycles. The molecule has 4 nitrogen and oxygen atoms in total. The Hall–Kier alpha value is -1.44. The van der Waals surface area contributed by atoms with Crippen LogP contribution >= 0.6 is 24.8 Å². The summed E-state index contributed by atoms with van der Waals surface area (Å²) in [6, 6.07) is 5.74.